The molecule has 1 N–H and O–H groups in total. The summed E-state index contributed by atoms with van der Waals surface area (Å²) in [6, 6.07) is 4.34. The number of hydrogen-bond acceptors (Lipinski definition) is 1. The van der Waals surface area contributed by atoms with Crippen molar-refractivity contribution in [3.8, 4) is 0 Å². The maximum atomic E-state index is 13.1. The molecule has 0 saturated heterocycles. The average Bonchev–Trinajstić information content (AvgIpc) is 2.44. The Bertz CT molecular complexity index is 470. The molecule has 0 heterocycles. The van der Waals surface area contributed by atoms with Crippen LogP contribution in [0.15, 0.2) is 22.7 Å². The summed E-state index contributed by atoms with van der Waals surface area (Å²) in [6.07, 6.45) is 6.21. The summed E-state index contributed by atoms with van der Waals surface area (Å²) in [7, 11) is 0. The number of amides is 1. The van der Waals surface area contributed by atoms with E-state index in [9.17, 15) is 9.18 Å². The third kappa shape index (κ3) is 4.30. The van der Waals surface area contributed by atoms with Gasteiger partial charge in [0.25, 0.3) is 5.91 Å². The van der Waals surface area contributed by atoms with Crippen LogP contribution in [0.3, 0.4) is 0 Å². The van der Waals surface area contributed by atoms with Crippen LogP contribution >= 0.6 is 15.9 Å². The van der Waals surface area contributed by atoms with Crippen LogP contribution in [0, 0.1) is 17.7 Å². The molecule has 0 aromatic heterocycles. The number of rotatable bonds is 4. The van der Waals surface area contributed by atoms with Crippen molar-refractivity contribution in [3.63, 3.8) is 0 Å². The molecule has 0 atom stereocenters. The first-order chi connectivity index (χ1) is 9.56. The van der Waals surface area contributed by atoms with E-state index in [0.29, 0.717) is 16.6 Å². The summed E-state index contributed by atoms with van der Waals surface area (Å²) in [6.45, 7) is 3.01. The molecule has 1 aliphatic carbocycles. The summed E-state index contributed by atoms with van der Waals surface area (Å²) in [5.74, 6) is 1.12. The van der Waals surface area contributed by atoms with Crippen molar-refractivity contribution in [1.82, 2.24) is 5.32 Å². The van der Waals surface area contributed by atoms with Crippen LogP contribution in [0.25, 0.3) is 0 Å². The Morgan fingerprint density at radius 3 is 2.70 bits per heavy atom. The summed E-state index contributed by atoms with van der Waals surface area (Å²) in [4.78, 5) is 11.9. The van der Waals surface area contributed by atoms with Gasteiger partial charge < -0.3 is 5.32 Å². The molecule has 110 valence electrons. The Morgan fingerprint density at radius 2 is 2.05 bits per heavy atom. The number of nitrogens with one attached hydrogen (secondary N) is 1. The van der Waals surface area contributed by atoms with E-state index < -0.39 is 0 Å². The molecule has 2 rings (SSSR count). The van der Waals surface area contributed by atoms with Gasteiger partial charge in [0.2, 0.25) is 0 Å². The largest absolute Gasteiger partial charge is 0.352 e. The van der Waals surface area contributed by atoms with E-state index in [1.807, 2.05) is 0 Å². The van der Waals surface area contributed by atoms with Crippen molar-refractivity contribution in [2.45, 2.75) is 39.0 Å². The number of carbonyl (C=O) groups is 1. The second-order valence-corrected chi connectivity index (χ2v) is 6.65. The van der Waals surface area contributed by atoms with Crippen LogP contribution in [0.4, 0.5) is 4.39 Å². The fraction of sp³-hybridized carbons (Fsp3) is 0.562. The molecule has 1 amide bonds. The van der Waals surface area contributed by atoms with Crippen molar-refractivity contribution in [1.29, 1.82) is 0 Å². The van der Waals surface area contributed by atoms with Gasteiger partial charge in [0.1, 0.15) is 5.82 Å². The Kier molecular flexibility index (Phi) is 5.58. The van der Waals surface area contributed by atoms with E-state index in [-0.39, 0.29) is 11.7 Å². The lowest BCUT2D eigenvalue weighted by Gasteiger charge is -2.26. The second kappa shape index (κ2) is 7.21. The maximum absolute atomic E-state index is 13.1. The highest BCUT2D eigenvalue weighted by Gasteiger charge is 2.18. The van der Waals surface area contributed by atoms with Crippen molar-refractivity contribution >= 4 is 21.8 Å². The fourth-order valence-corrected chi connectivity index (χ4v) is 3.13. The Morgan fingerprint density at radius 1 is 1.35 bits per heavy atom. The van der Waals surface area contributed by atoms with E-state index >= 15 is 0 Å². The van der Waals surface area contributed by atoms with Crippen molar-refractivity contribution in [2.24, 2.45) is 11.8 Å². The molecular weight excluding hydrogens is 321 g/mol. The average molecular weight is 342 g/mol. The summed E-state index contributed by atoms with van der Waals surface area (Å²) < 4.78 is 13.4. The van der Waals surface area contributed by atoms with Crippen LogP contribution in [-0.2, 0) is 0 Å². The van der Waals surface area contributed by atoms with E-state index in [0.717, 1.165) is 18.3 Å². The highest BCUT2D eigenvalue weighted by molar-refractivity contribution is 9.10. The van der Waals surface area contributed by atoms with Crippen molar-refractivity contribution in [3.05, 3.63) is 34.1 Å². The zero-order valence-corrected chi connectivity index (χ0v) is 13.4. The molecule has 0 spiro atoms. The number of carbonyl (C=O) groups excluding carboxylic acids is 1. The van der Waals surface area contributed by atoms with Gasteiger partial charge in [0, 0.05) is 12.1 Å². The Balaban J connectivity index is 1.76. The fourth-order valence-electron chi connectivity index (χ4n) is 2.75. The zero-order valence-electron chi connectivity index (χ0n) is 11.8. The predicted molar refractivity (Wildman–Crippen MR) is 82.2 cm³/mol. The molecule has 2 nitrogen and oxygen atoms in total. The molecule has 0 aliphatic heterocycles. The van der Waals surface area contributed by atoms with Crippen molar-refractivity contribution < 1.29 is 9.18 Å². The zero-order chi connectivity index (χ0) is 14.5. The summed E-state index contributed by atoms with van der Waals surface area (Å²) in [5, 5.41) is 2.92. The van der Waals surface area contributed by atoms with Gasteiger partial charge in [-0.05, 0) is 52.4 Å². The van der Waals surface area contributed by atoms with Gasteiger partial charge in [-0.3, -0.25) is 4.79 Å². The number of halogens is 2. The van der Waals surface area contributed by atoms with Crippen LogP contribution in [0.2, 0.25) is 0 Å². The molecule has 1 aliphatic rings. The molecule has 20 heavy (non-hydrogen) atoms. The first-order valence-corrected chi connectivity index (χ1v) is 8.09. The monoisotopic (exact) mass is 341 g/mol. The molecule has 1 saturated carbocycles. The first kappa shape index (κ1) is 15.5. The topological polar surface area (TPSA) is 29.1 Å². The molecule has 1 aromatic carbocycles. The third-order valence-corrected chi connectivity index (χ3v) is 4.76. The second-order valence-electron chi connectivity index (χ2n) is 5.80. The smallest absolute Gasteiger partial charge is 0.251 e. The molecular formula is C16H21BrFNO. The van der Waals surface area contributed by atoms with Gasteiger partial charge in [-0.15, -0.1) is 0 Å². The third-order valence-electron chi connectivity index (χ3n) is 4.16. The van der Waals surface area contributed by atoms with Gasteiger partial charge in [-0.2, -0.15) is 0 Å². The Labute approximate surface area is 128 Å². The summed E-state index contributed by atoms with van der Waals surface area (Å²) in [5.41, 5.74) is 0.496. The standard InChI is InChI=1S/C16H21BrFNO/c1-11-2-4-12(5-3-11)8-9-19-16(20)13-6-7-15(18)14(17)10-13/h6-7,10-12H,2-5,8-9H2,1H3,(H,19,20). The lowest BCUT2D eigenvalue weighted by atomic mass is 9.81. The molecule has 1 fully saturated rings. The number of benzene rings is 1. The van der Waals surface area contributed by atoms with Crippen LogP contribution in [0.5, 0.6) is 0 Å². The quantitative estimate of drug-likeness (QED) is 0.856. The van der Waals surface area contributed by atoms with Crippen molar-refractivity contribution in [2.75, 3.05) is 6.54 Å². The Hall–Kier alpha value is -0.900. The predicted octanol–water partition coefficient (Wildman–Crippen LogP) is 4.53. The lowest BCUT2D eigenvalue weighted by molar-refractivity contribution is 0.0949. The molecule has 0 radical (unpaired) electrons. The van der Waals surface area contributed by atoms with E-state index in [2.05, 4.69) is 28.2 Å². The SMILES string of the molecule is CC1CCC(CCNC(=O)c2ccc(F)c(Br)c2)CC1. The maximum Gasteiger partial charge on any atom is 0.251 e. The molecule has 1 aromatic rings. The minimum absolute atomic E-state index is 0.130. The van der Waals surface area contributed by atoms with Crippen LogP contribution < -0.4 is 5.32 Å². The van der Waals surface area contributed by atoms with Crippen LogP contribution in [-0.4, -0.2) is 12.5 Å². The molecule has 4 heteroatoms. The van der Waals surface area contributed by atoms with Gasteiger partial charge >= 0.3 is 0 Å². The van der Waals surface area contributed by atoms with E-state index in [4.69, 9.17) is 0 Å². The highest BCUT2D eigenvalue weighted by Crippen LogP contribution is 2.29. The highest BCUT2D eigenvalue weighted by atomic mass is 79.9. The van der Waals surface area contributed by atoms with E-state index in [1.165, 1.54) is 43.9 Å². The molecule has 0 bridgehead atoms. The normalized spacial score (nSPS) is 22.6. The minimum atomic E-state index is -0.349. The first-order valence-electron chi connectivity index (χ1n) is 7.29. The number of hydrogen-bond donors (Lipinski definition) is 1. The van der Waals surface area contributed by atoms with E-state index in [1.54, 1.807) is 0 Å². The van der Waals surface area contributed by atoms with Gasteiger partial charge in [-0.1, -0.05) is 32.6 Å². The van der Waals surface area contributed by atoms with Gasteiger partial charge in [0.15, 0.2) is 0 Å². The minimum Gasteiger partial charge on any atom is -0.352 e. The molecule has 0 unspecified atom stereocenters. The summed E-state index contributed by atoms with van der Waals surface area (Å²) >= 11 is 3.10. The van der Waals surface area contributed by atoms with Gasteiger partial charge in [0.05, 0.1) is 4.47 Å². The van der Waals surface area contributed by atoms with Gasteiger partial charge in [-0.25, -0.2) is 4.39 Å². The van der Waals surface area contributed by atoms with Crippen LogP contribution in [0.1, 0.15) is 49.4 Å². The lowest BCUT2D eigenvalue weighted by Crippen LogP contribution is -2.27.